The normalized spacial score (nSPS) is 19.4. The molecule has 1 atom stereocenters. The number of carbonyl (C=O) groups excluding carboxylic acids is 3. The van der Waals surface area contributed by atoms with E-state index >= 15 is 0 Å². The maximum Gasteiger partial charge on any atom is 0.410 e. The molecule has 1 aliphatic rings. The molecule has 1 fully saturated rings. The Balaban J connectivity index is 2.39. The number of hydrogen-bond donors (Lipinski definition) is 0. The van der Waals surface area contributed by atoms with Crippen LogP contribution in [0.15, 0.2) is 0 Å². The highest BCUT2D eigenvalue weighted by Gasteiger charge is 2.30. The second-order valence-electron chi connectivity index (χ2n) is 6.20. The van der Waals surface area contributed by atoms with Crippen molar-refractivity contribution in [1.82, 2.24) is 4.90 Å². The van der Waals surface area contributed by atoms with Gasteiger partial charge in [-0.1, -0.05) is 0 Å². The highest BCUT2D eigenvalue weighted by Crippen LogP contribution is 2.22. The molecule has 1 aliphatic heterocycles. The van der Waals surface area contributed by atoms with Crippen molar-refractivity contribution in [3.05, 3.63) is 0 Å². The number of ether oxygens (including phenoxy) is 1. The van der Waals surface area contributed by atoms with Gasteiger partial charge in [0, 0.05) is 19.5 Å². The molecule has 1 heterocycles. The summed E-state index contributed by atoms with van der Waals surface area (Å²) in [6.45, 7) is 8.06. The van der Waals surface area contributed by atoms with Gasteiger partial charge in [-0.05, 0) is 40.0 Å². The lowest BCUT2D eigenvalue weighted by molar-refractivity contribution is -0.126. The molecule has 0 N–H and O–H groups in total. The van der Waals surface area contributed by atoms with Gasteiger partial charge in [-0.3, -0.25) is 9.59 Å². The minimum atomic E-state index is -0.500. The second kappa shape index (κ2) is 6.17. The summed E-state index contributed by atoms with van der Waals surface area (Å²) >= 11 is 0. The SMILES string of the molecule is CC(=O)CC(=O)CC1CCN(C(=O)OC(C)(C)C)C1. The van der Waals surface area contributed by atoms with Gasteiger partial charge in [0.15, 0.2) is 0 Å². The van der Waals surface area contributed by atoms with E-state index in [9.17, 15) is 14.4 Å². The van der Waals surface area contributed by atoms with E-state index in [1.54, 1.807) is 4.90 Å². The van der Waals surface area contributed by atoms with E-state index in [1.807, 2.05) is 20.8 Å². The number of rotatable bonds is 4. The Kier molecular flexibility index (Phi) is 5.09. The topological polar surface area (TPSA) is 63.7 Å². The van der Waals surface area contributed by atoms with Gasteiger partial charge in [0.25, 0.3) is 0 Å². The monoisotopic (exact) mass is 269 g/mol. The first-order valence-corrected chi connectivity index (χ1v) is 6.66. The predicted molar refractivity (Wildman–Crippen MR) is 70.8 cm³/mol. The molecular weight excluding hydrogens is 246 g/mol. The molecule has 1 rings (SSSR count). The third kappa shape index (κ3) is 5.85. The highest BCUT2D eigenvalue weighted by atomic mass is 16.6. The lowest BCUT2D eigenvalue weighted by atomic mass is 9.99. The van der Waals surface area contributed by atoms with Crippen molar-refractivity contribution in [1.29, 1.82) is 0 Å². The molecule has 0 aromatic carbocycles. The largest absolute Gasteiger partial charge is 0.444 e. The zero-order chi connectivity index (χ0) is 14.6. The van der Waals surface area contributed by atoms with Crippen LogP contribution in [-0.4, -0.2) is 41.3 Å². The summed E-state index contributed by atoms with van der Waals surface area (Å²) in [7, 11) is 0. The van der Waals surface area contributed by atoms with Gasteiger partial charge in [0.05, 0.1) is 6.42 Å². The van der Waals surface area contributed by atoms with Crippen LogP contribution in [0.1, 0.15) is 47.0 Å². The standard InChI is InChI=1S/C14H23NO4/c1-10(16)7-12(17)8-11-5-6-15(9-11)13(18)19-14(2,3)4/h11H,5-9H2,1-4H3. The number of Topliss-reactive ketones (excluding diaryl/α,β-unsaturated/α-hetero) is 2. The summed E-state index contributed by atoms with van der Waals surface area (Å²) in [6.07, 6.45) is 0.846. The molecule has 19 heavy (non-hydrogen) atoms. The molecule has 0 bridgehead atoms. The summed E-state index contributed by atoms with van der Waals surface area (Å²) < 4.78 is 5.29. The van der Waals surface area contributed by atoms with Gasteiger partial charge in [0.2, 0.25) is 0 Å². The third-order valence-corrected chi connectivity index (χ3v) is 2.90. The molecular formula is C14H23NO4. The summed E-state index contributed by atoms with van der Waals surface area (Å²) in [5.41, 5.74) is -0.500. The Bertz CT molecular complexity index is 370. The number of nitrogens with zero attached hydrogens (tertiary/aromatic N) is 1. The minimum absolute atomic E-state index is 0.00291. The predicted octanol–water partition coefficient (Wildman–Crippen LogP) is 2.18. The summed E-state index contributed by atoms with van der Waals surface area (Å²) in [6, 6.07) is 0. The minimum Gasteiger partial charge on any atom is -0.444 e. The van der Waals surface area contributed by atoms with Crippen LogP contribution < -0.4 is 0 Å². The fourth-order valence-corrected chi connectivity index (χ4v) is 2.16. The van der Waals surface area contributed by atoms with E-state index < -0.39 is 5.60 Å². The van der Waals surface area contributed by atoms with Crippen LogP contribution in [0.2, 0.25) is 0 Å². The average Bonchev–Trinajstić information content (AvgIpc) is 2.61. The van der Waals surface area contributed by atoms with E-state index in [-0.39, 0.29) is 30.0 Å². The van der Waals surface area contributed by atoms with Gasteiger partial charge in [-0.25, -0.2) is 4.79 Å². The second-order valence-corrected chi connectivity index (χ2v) is 6.20. The van der Waals surface area contributed by atoms with Crippen molar-refractivity contribution in [2.24, 2.45) is 5.92 Å². The van der Waals surface area contributed by atoms with E-state index in [0.717, 1.165) is 6.42 Å². The molecule has 5 nitrogen and oxygen atoms in total. The Morgan fingerprint density at radius 1 is 1.26 bits per heavy atom. The Morgan fingerprint density at radius 2 is 1.89 bits per heavy atom. The summed E-state index contributed by atoms with van der Waals surface area (Å²) in [5.74, 6) is 0.00917. The van der Waals surface area contributed by atoms with Gasteiger partial charge >= 0.3 is 6.09 Å². The molecule has 0 spiro atoms. The Labute approximate surface area is 114 Å². The van der Waals surface area contributed by atoms with Crippen molar-refractivity contribution < 1.29 is 19.1 Å². The lowest BCUT2D eigenvalue weighted by Crippen LogP contribution is -2.35. The molecule has 0 aromatic heterocycles. The van der Waals surface area contributed by atoms with Gasteiger partial charge < -0.3 is 9.64 Å². The molecule has 1 saturated heterocycles. The average molecular weight is 269 g/mol. The van der Waals surface area contributed by atoms with Crippen molar-refractivity contribution in [2.45, 2.75) is 52.6 Å². The first-order chi connectivity index (χ1) is 8.67. The fraction of sp³-hybridized carbons (Fsp3) is 0.786. The number of amides is 1. The first-order valence-electron chi connectivity index (χ1n) is 6.66. The van der Waals surface area contributed by atoms with Crippen LogP contribution in [0.5, 0.6) is 0 Å². The summed E-state index contributed by atoms with van der Waals surface area (Å²) in [4.78, 5) is 35.9. The number of ketones is 2. The Morgan fingerprint density at radius 3 is 2.42 bits per heavy atom. The van der Waals surface area contributed by atoms with Crippen molar-refractivity contribution in [2.75, 3.05) is 13.1 Å². The van der Waals surface area contributed by atoms with Crippen LogP contribution in [-0.2, 0) is 14.3 Å². The van der Waals surface area contributed by atoms with Crippen molar-refractivity contribution in [3.63, 3.8) is 0 Å². The van der Waals surface area contributed by atoms with E-state index in [2.05, 4.69) is 0 Å². The lowest BCUT2D eigenvalue weighted by Gasteiger charge is -2.24. The number of likely N-dealkylation sites (tertiary alicyclic amines) is 1. The van der Waals surface area contributed by atoms with Crippen molar-refractivity contribution >= 4 is 17.7 Å². The maximum atomic E-state index is 11.8. The zero-order valence-corrected chi connectivity index (χ0v) is 12.2. The number of hydrogen-bond acceptors (Lipinski definition) is 4. The molecule has 0 radical (unpaired) electrons. The molecule has 0 aliphatic carbocycles. The van der Waals surface area contributed by atoms with E-state index in [1.165, 1.54) is 6.92 Å². The molecule has 0 aromatic rings. The van der Waals surface area contributed by atoms with Crippen LogP contribution >= 0.6 is 0 Å². The van der Waals surface area contributed by atoms with Gasteiger partial charge in [0.1, 0.15) is 17.2 Å². The highest BCUT2D eigenvalue weighted by molar-refractivity contribution is 5.98. The smallest absolute Gasteiger partial charge is 0.410 e. The fourth-order valence-electron chi connectivity index (χ4n) is 2.16. The van der Waals surface area contributed by atoms with Gasteiger partial charge in [-0.2, -0.15) is 0 Å². The molecule has 1 amide bonds. The van der Waals surface area contributed by atoms with Crippen LogP contribution in [0.25, 0.3) is 0 Å². The molecule has 0 saturated carbocycles. The molecule has 1 unspecified atom stereocenters. The maximum absolute atomic E-state index is 11.8. The first kappa shape index (κ1) is 15.7. The molecule has 108 valence electrons. The van der Waals surface area contributed by atoms with Crippen LogP contribution in [0.4, 0.5) is 4.79 Å². The Hall–Kier alpha value is -1.39. The summed E-state index contributed by atoms with van der Waals surface area (Å²) in [5, 5.41) is 0. The third-order valence-electron chi connectivity index (χ3n) is 2.90. The zero-order valence-electron chi connectivity index (χ0n) is 12.2. The number of carbonyl (C=O) groups is 3. The van der Waals surface area contributed by atoms with Crippen LogP contribution in [0.3, 0.4) is 0 Å². The van der Waals surface area contributed by atoms with E-state index in [4.69, 9.17) is 4.74 Å². The molecule has 5 heteroatoms. The quantitative estimate of drug-likeness (QED) is 0.734. The van der Waals surface area contributed by atoms with Crippen molar-refractivity contribution in [3.8, 4) is 0 Å². The van der Waals surface area contributed by atoms with Crippen LogP contribution in [0, 0.1) is 5.92 Å². The van der Waals surface area contributed by atoms with E-state index in [0.29, 0.717) is 19.5 Å². The van der Waals surface area contributed by atoms with Gasteiger partial charge in [-0.15, -0.1) is 0 Å².